The van der Waals surface area contributed by atoms with Crippen LogP contribution in [0.4, 0.5) is 0 Å². The molecule has 0 fully saturated rings. The summed E-state index contributed by atoms with van der Waals surface area (Å²) in [7, 11) is 1.74. The predicted molar refractivity (Wildman–Crippen MR) is 89.4 cm³/mol. The van der Waals surface area contributed by atoms with Crippen molar-refractivity contribution < 1.29 is 15.0 Å². The Morgan fingerprint density at radius 2 is 1.95 bits per heavy atom. The van der Waals surface area contributed by atoms with Gasteiger partial charge in [0, 0.05) is 23.9 Å². The summed E-state index contributed by atoms with van der Waals surface area (Å²) in [6.07, 6.45) is 0. The average Bonchev–Trinajstić information content (AvgIpc) is 2.45. The van der Waals surface area contributed by atoms with Crippen molar-refractivity contribution in [3.63, 3.8) is 0 Å². The van der Waals surface area contributed by atoms with Gasteiger partial charge in [-0.25, -0.2) is 0 Å². The van der Waals surface area contributed by atoms with Gasteiger partial charge in [-0.3, -0.25) is 4.79 Å². The molecule has 5 nitrogen and oxygen atoms in total. The first kappa shape index (κ1) is 16.9. The molecule has 0 aliphatic carbocycles. The monoisotopic (exact) mass is 360 g/mol. The van der Waals surface area contributed by atoms with Crippen molar-refractivity contribution in [3.05, 3.63) is 32.9 Å². The SMILES string of the molecule is CC(=O)C1=C(C)N(C)C(=S)NC1c1cc(Cl)c(O)c(Cl)c1O. The van der Waals surface area contributed by atoms with Crippen LogP contribution in [0.1, 0.15) is 25.5 Å². The average molecular weight is 361 g/mol. The van der Waals surface area contributed by atoms with E-state index in [1.807, 2.05) is 0 Å². The number of nitrogens with one attached hydrogen (secondary N) is 1. The Bertz CT molecular complexity index is 719. The first-order chi connectivity index (χ1) is 10.2. The number of ketones is 1. The molecule has 0 amide bonds. The molecule has 0 radical (unpaired) electrons. The molecule has 0 saturated heterocycles. The Kier molecular flexibility index (Phi) is 4.56. The molecule has 1 unspecified atom stereocenters. The Morgan fingerprint density at radius 3 is 2.50 bits per heavy atom. The lowest BCUT2D eigenvalue weighted by Gasteiger charge is -2.35. The summed E-state index contributed by atoms with van der Waals surface area (Å²) in [6, 6.07) is 0.664. The molecule has 22 heavy (non-hydrogen) atoms. The van der Waals surface area contributed by atoms with E-state index in [4.69, 9.17) is 35.4 Å². The Labute approximate surface area is 143 Å². The predicted octanol–water partition coefficient (Wildman–Crippen LogP) is 3.13. The van der Waals surface area contributed by atoms with E-state index in [-0.39, 0.29) is 27.1 Å². The van der Waals surface area contributed by atoms with Gasteiger partial charge in [-0.15, -0.1) is 0 Å². The topological polar surface area (TPSA) is 72.8 Å². The fraction of sp³-hybridized carbons (Fsp3) is 0.286. The Morgan fingerprint density at radius 1 is 1.36 bits per heavy atom. The van der Waals surface area contributed by atoms with Crippen LogP contribution in [0.25, 0.3) is 0 Å². The number of Topliss-reactive ketones (excluding diaryl/α,β-unsaturated/α-hetero) is 1. The van der Waals surface area contributed by atoms with E-state index in [1.165, 1.54) is 13.0 Å². The molecule has 0 bridgehead atoms. The van der Waals surface area contributed by atoms with Crippen LogP contribution >= 0.6 is 35.4 Å². The van der Waals surface area contributed by atoms with Gasteiger partial charge < -0.3 is 20.4 Å². The summed E-state index contributed by atoms with van der Waals surface area (Å²) in [5.74, 6) is -0.936. The van der Waals surface area contributed by atoms with Crippen molar-refractivity contribution in [2.24, 2.45) is 0 Å². The van der Waals surface area contributed by atoms with Crippen LogP contribution in [0, 0.1) is 0 Å². The summed E-state index contributed by atoms with van der Waals surface area (Å²) < 4.78 is 0. The lowest BCUT2D eigenvalue weighted by Crippen LogP contribution is -2.45. The van der Waals surface area contributed by atoms with Crippen molar-refractivity contribution in [2.45, 2.75) is 19.9 Å². The third kappa shape index (κ3) is 2.62. The number of phenols is 2. The smallest absolute Gasteiger partial charge is 0.173 e. The van der Waals surface area contributed by atoms with E-state index in [0.29, 0.717) is 16.4 Å². The van der Waals surface area contributed by atoms with Gasteiger partial charge in [-0.1, -0.05) is 23.2 Å². The molecule has 2 rings (SSSR count). The second kappa shape index (κ2) is 5.95. The fourth-order valence-corrected chi connectivity index (χ4v) is 3.09. The standard InChI is InChI=1S/C14H14Cl2N2O3S/c1-5-9(6(2)19)11(17-14(22)18(5)3)7-4-8(15)13(21)10(16)12(7)20/h4,11,20-21H,1-3H3,(H,17,22). The minimum Gasteiger partial charge on any atom is -0.506 e. The number of carbonyl (C=O) groups excluding carboxylic acids is 1. The summed E-state index contributed by atoms with van der Waals surface area (Å²) in [5, 5.41) is 23.0. The van der Waals surface area contributed by atoms with Crippen LogP contribution in [0.15, 0.2) is 17.3 Å². The highest BCUT2D eigenvalue weighted by Gasteiger charge is 2.33. The summed E-state index contributed by atoms with van der Waals surface area (Å²) >= 11 is 17.0. The number of nitrogens with zero attached hydrogens (tertiary/aromatic N) is 1. The molecule has 1 atom stereocenters. The highest BCUT2D eigenvalue weighted by Crippen LogP contribution is 2.45. The lowest BCUT2D eigenvalue weighted by atomic mass is 9.92. The zero-order valence-corrected chi connectivity index (χ0v) is 14.4. The van der Waals surface area contributed by atoms with E-state index < -0.39 is 11.8 Å². The number of carbonyl (C=O) groups is 1. The molecule has 0 spiro atoms. The van der Waals surface area contributed by atoms with Crippen LogP contribution in [-0.2, 0) is 4.79 Å². The van der Waals surface area contributed by atoms with Gasteiger partial charge in [-0.05, 0) is 32.1 Å². The molecule has 0 saturated carbocycles. The lowest BCUT2D eigenvalue weighted by molar-refractivity contribution is -0.114. The van der Waals surface area contributed by atoms with Crippen LogP contribution in [0.3, 0.4) is 0 Å². The van der Waals surface area contributed by atoms with E-state index in [2.05, 4.69) is 5.32 Å². The summed E-state index contributed by atoms with van der Waals surface area (Å²) in [5.41, 5.74) is 1.37. The molecule has 1 heterocycles. The van der Waals surface area contributed by atoms with Gasteiger partial charge in [0.05, 0.1) is 11.1 Å². The number of hydrogen-bond donors (Lipinski definition) is 3. The van der Waals surface area contributed by atoms with E-state index >= 15 is 0 Å². The van der Waals surface area contributed by atoms with Crippen LogP contribution in [0.2, 0.25) is 10.0 Å². The Hall–Kier alpha value is -1.50. The van der Waals surface area contributed by atoms with Crippen molar-refractivity contribution in [3.8, 4) is 11.5 Å². The summed E-state index contributed by atoms with van der Waals surface area (Å²) in [4.78, 5) is 13.7. The number of allylic oxidation sites excluding steroid dienone is 1. The van der Waals surface area contributed by atoms with Crippen LogP contribution in [0.5, 0.6) is 11.5 Å². The number of aromatic hydroxyl groups is 2. The van der Waals surface area contributed by atoms with Gasteiger partial charge >= 0.3 is 0 Å². The van der Waals surface area contributed by atoms with Gasteiger partial charge in [-0.2, -0.15) is 0 Å². The van der Waals surface area contributed by atoms with Crippen molar-refractivity contribution >= 4 is 46.3 Å². The van der Waals surface area contributed by atoms with Gasteiger partial charge in [0.2, 0.25) is 0 Å². The second-order valence-electron chi connectivity index (χ2n) is 4.96. The molecule has 118 valence electrons. The molecule has 0 aromatic heterocycles. The molecule has 3 N–H and O–H groups in total. The maximum atomic E-state index is 12.0. The molecular weight excluding hydrogens is 347 g/mol. The summed E-state index contributed by atoms with van der Waals surface area (Å²) in [6.45, 7) is 3.19. The number of halogens is 2. The number of benzene rings is 1. The zero-order valence-electron chi connectivity index (χ0n) is 12.1. The molecule has 1 aliphatic heterocycles. The zero-order chi connectivity index (χ0) is 16.8. The maximum absolute atomic E-state index is 12.0. The highest BCUT2D eigenvalue weighted by atomic mass is 35.5. The second-order valence-corrected chi connectivity index (χ2v) is 6.13. The molecule has 1 aliphatic rings. The number of hydrogen-bond acceptors (Lipinski definition) is 4. The third-order valence-corrected chi connectivity index (χ3v) is 4.68. The molecule has 1 aromatic carbocycles. The normalized spacial score (nSPS) is 18.5. The van der Waals surface area contributed by atoms with Crippen molar-refractivity contribution in [1.82, 2.24) is 10.2 Å². The minimum atomic E-state index is -0.697. The van der Waals surface area contributed by atoms with Crippen molar-refractivity contribution in [1.29, 1.82) is 0 Å². The first-order valence-corrected chi connectivity index (χ1v) is 7.49. The highest BCUT2D eigenvalue weighted by molar-refractivity contribution is 7.80. The first-order valence-electron chi connectivity index (χ1n) is 6.32. The van der Waals surface area contributed by atoms with E-state index in [9.17, 15) is 15.0 Å². The van der Waals surface area contributed by atoms with E-state index in [0.717, 1.165) is 0 Å². The van der Waals surface area contributed by atoms with Crippen LogP contribution < -0.4 is 5.32 Å². The number of thiocarbonyl (C=S) groups is 1. The largest absolute Gasteiger partial charge is 0.506 e. The number of rotatable bonds is 2. The van der Waals surface area contributed by atoms with Gasteiger partial charge in [0.1, 0.15) is 10.8 Å². The van der Waals surface area contributed by atoms with Gasteiger partial charge in [0.25, 0.3) is 0 Å². The molecule has 8 heteroatoms. The fourth-order valence-electron chi connectivity index (χ4n) is 2.36. The van der Waals surface area contributed by atoms with E-state index in [1.54, 1.807) is 18.9 Å². The maximum Gasteiger partial charge on any atom is 0.173 e. The van der Waals surface area contributed by atoms with Crippen LogP contribution in [-0.4, -0.2) is 33.1 Å². The Balaban J connectivity index is 2.70. The molecular formula is C14H14Cl2N2O3S. The van der Waals surface area contributed by atoms with Crippen molar-refractivity contribution in [2.75, 3.05) is 7.05 Å². The minimum absolute atomic E-state index is 0.0231. The quantitative estimate of drug-likeness (QED) is 0.703. The number of phenolic OH excluding ortho intramolecular Hbond substituents is 2. The molecule has 1 aromatic rings. The third-order valence-electron chi connectivity index (χ3n) is 3.64. The van der Waals surface area contributed by atoms with Gasteiger partial charge in [0.15, 0.2) is 16.6 Å².